The van der Waals surface area contributed by atoms with Crippen molar-refractivity contribution in [3.05, 3.63) is 0 Å². The average Bonchev–Trinajstić information content (AvgIpc) is 2.29. The third kappa shape index (κ3) is 8.56. The first-order valence-electron chi connectivity index (χ1n) is 5.29. The molecule has 12 heteroatoms. The summed E-state index contributed by atoms with van der Waals surface area (Å²) in [6.45, 7) is -0.809. The molecule has 116 valence electrons. The number of hydrogen-bond acceptors (Lipinski definition) is 6. The summed E-state index contributed by atoms with van der Waals surface area (Å²) in [6.07, 6.45) is -0.513. The van der Waals surface area contributed by atoms with Crippen LogP contribution in [0.5, 0.6) is 0 Å². The number of carboxylic acids is 2. The van der Waals surface area contributed by atoms with Gasteiger partial charge in [0.2, 0.25) is 5.91 Å². The van der Waals surface area contributed by atoms with Gasteiger partial charge < -0.3 is 26.2 Å². The maximum Gasteiger partial charge on any atom is 0.400 e. The predicted molar refractivity (Wildman–Crippen MR) is 64.4 cm³/mol. The smallest absolute Gasteiger partial charge is 0.400 e. The van der Waals surface area contributed by atoms with Crippen molar-refractivity contribution in [2.45, 2.75) is 24.9 Å². The molecule has 0 bridgehead atoms. The minimum atomic E-state index is -4.36. The highest BCUT2D eigenvalue weighted by Gasteiger charge is 2.24. The summed E-state index contributed by atoms with van der Waals surface area (Å²) in [7, 11) is -4.36. The van der Waals surface area contributed by atoms with E-state index in [1.54, 1.807) is 0 Å². The minimum absolute atomic E-state index is 0.191. The van der Waals surface area contributed by atoms with Crippen molar-refractivity contribution >= 4 is 25.6 Å². The number of nitrogens with two attached hydrogens (primary N) is 2. The van der Waals surface area contributed by atoms with Gasteiger partial charge in [0.15, 0.2) is 6.04 Å². The van der Waals surface area contributed by atoms with Gasteiger partial charge >= 0.3 is 19.7 Å². The zero-order valence-corrected chi connectivity index (χ0v) is 11.2. The average molecular weight is 313 g/mol. The van der Waals surface area contributed by atoms with Gasteiger partial charge in [0.1, 0.15) is 6.04 Å². The first kappa shape index (κ1) is 18.5. The van der Waals surface area contributed by atoms with Crippen LogP contribution in [0.1, 0.15) is 12.8 Å². The van der Waals surface area contributed by atoms with E-state index in [9.17, 15) is 18.9 Å². The largest absolute Gasteiger partial charge is 0.480 e. The Hall–Kier alpha value is -1.52. The fourth-order valence-electron chi connectivity index (χ4n) is 1.03. The third-order valence-electron chi connectivity index (χ3n) is 2.06. The Morgan fingerprint density at radius 3 is 2.20 bits per heavy atom. The number of carbonyl (C=O) groups is 3. The Kier molecular flexibility index (Phi) is 7.32. The molecule has 0 radical (unpaired) electrons. The minimum Gasteiger partial charge on any atom is -0.480 e. The fraction of sp³-hybridized carbons (Fsp3) is 0.625. The molecule has 8 N–H and O–H groups in total. The Bertz CT molecular complexity index is 422. The Morgan fingerprint density at radius 1 is 1.25 bits per heavy atom. The SMILES string of the molecule is N[C@@H](CCC(=O)N[C@@H](COP(N)(=O)O)C(=O)O)C(=O)O. The van der Waals surface area contributed by atoms with Gasteiger partial charge in [-0.1, -0.05) is 0 Å². The molecule has 0 heterocycles. The molecular weight excluding hydrogens is 297 g/mol. The second kappa shape index (κ2) is 7.92. The number of carboxylic acid groups (broad SMARTS) is 2. The lowest BCUT2D eigenvalue weighted by Gasteiger charge is -2.15. The Morgan fingerprint density at radius 2 is 1.80 bits per heavy atom. The van der Waals surface area contributed by atoms with E-state index in [4.69, 9.17) is 20.8 Å². The number of carbonyl (C=O) groups excluding carboxylic acids is 1. The highest BCUT2D eigenvalue weighted by atomic mass is 31.2. The second-order valence-electron chi connectivity index (χ2n) is 3.80. The van der Waals surface area contributed by atoms with Crippen LogP contribution >= 0.6 is 7.75 Å². The van der Waals surface area contributed by atoms with Gasteiger partial charge in [-0.3, -0.25) is 14.1 Å². The summed E-state index contributed by atoms with van der Waals surface area (Å²) in [5, 5.41) is 19.2. The normalized spacial score (nSPS) is 16.8. The highest BCUT2D eigenvalue weighted by molar-refractivity contribution is 7.50. The predicted octanol–water partition coefficient (Wildman–Crippen LogP) is -2.18. The Labute approximate surface area is 113 Å². The van der Waals surface area contributed by atoms with E-state index < -0.39 is 44.3 Å². The molecule has 20 heavy (non-hydrogen) atoms. The van der Waals surface area contributed by atoms with E-state index in [2.05, 4.69) is 10.0 Å². The van der Waals surface area contributed by atoms with Crippen LogP contribution in [0.15, 0.2) is 0 Å². The molecule has 3 atom stereocenters. The van der Waals surface area contributed by atoms with Crippen molar-refractivity contribution in [1.82, 2.24) is 5.32 Å². The van der Waals surface area contributed by atoms with Gasteiger partial charge in [0, 0.05) is 6.42 Å². The van der Waals surface area contributed by atoms with Crippen molar-refractivity contribution in [3.8, 4) is 0 Å². The fourth-order valence-corrected chi connectivity index (χ4v) is 1.40. The lowest BCUT2D eigenvalue weighted by atomic mass is 10.1. The third-order valence-corrected chi connectivity index (χ3v) is 2.58. The monoisotopic (exact) mass is 313 g/mol. The number of rotatable bonds is 9. The topological polar surface area (TPSA) is 202 Å². The van der Waals surface area contributed by atoms with Crippen LogP contribution in [0.4, 0.5) is 0 Å². The Balaban J connectivity index is 4.31. The standard InChI is InChI=1S/C8H16N3O8P/c9-4(7(13)14)1-2-6(12)11-5(8(15)16)3-19-20(10,17)18/h4-5H,1-3,9H2,(H,11,12)(H,13,14)(H,15,16)(H3,10,17,18)/t4-,5-/m0/s1. The molecule has 0 saturated carbocycles. The summed E-state index contributed by atoms with van der Waals surface area (Å²) in [5.74, 6) is -3.59. The van der Waals surface area contributed by atoms with Crippen LogP contribution in [0.2, 0.25) is 0 Å². The second-order valence-corrected chi connectivity index (χ2v) is 5.19. The molecular formula is C8H16N3O8P. The molecule has 0 spiro atoms. The summed E-state index contributed by atoms with van der Waals surface area (Å²) >= 11 is 0. The van der Waals surface area contributed by atoms with Crippen molar-refractivity contribution < 1.29 is 38.6 Å². The van der Waals surface area contributed by atoms with Gasteiger partial charge in [0.25, 0.3) is 0 Å². The molecule has 0 fully saturated rings. The number of aliphatic carboxylic acids is 2. The summed E-state index contributed by atoms with van der Waals surface area (Å²) < 4.78 is 14.8. The van der Waals surface area contributed by atoms with Crippen LogP contribution < -0.4 is 16.6 Å². The summed E-state index contributed by atoms with van der Waals surface area (Å²) in [6, 6.07) is -2.84. The lowest BCUT2D eigenvalue weighted by Crippen LogP contribution is -2.44. The molecule has 0 rings (SSSR count). The van der Waals surface area contributed by atoms with E-state index in [0.29, 0.717) is 0 Å². The van der Waals surface area contributed by atoms with E-state index in [0.717, 1.165) is 0 Å². The molecule has 11 nitrogen and oxygen atoms in total. The van der Waals surface area contributed by atoms with Gasteiger partial charge in [-0.05, 0) is 6.42 Å². The van der Waals surface area contributed by atoms with E-state index >= 15 is 0 Å². The van der Waals surface area contributed by atoms with Crippen LogP contribution in [-0.2, 0) is 23.5 Å². The van der Waals surface area contributed by atoms with Crippen molar-refractivity contribution in [2.75, 3.05) is 6.61 Å². The molecule has 0 aliphatic carbocycles. The summed E-state index contributed by atoms with van der Waals surface area (Å²) in [5.41, 5.74) is 9.81. The molecule has 0 aromatic carbocycles. The molecule has 1 amide bonds. The van der Waals surface area contributed by atoms with Crippen LogP contribution in [0.3, 0.4) is 0 Å². The first-order chi connectivity index (χ1) is 9.03. The number of nitrogens with one attached hydrogen (secondary N) is 1. The zero-order chi connectivity index (χ0) is 15.9. The van der Waals surface area contributed by atoms with E-state index in [1.807, 2.05) is 5.32 Å². The van der Waals surface area contributed by atoms with Gasteiger partial charge in [-0.15, -0.1) is 0 Å². The highest BCUT2D eigenvalue weighted by Crippen LogP contribution is 2.30. The van der Waals surface area contributed by atoms with Gasteiger partial charge in [-0.2, -0.15) is 0 Å². The number of amides is 1. The molecule has 0 aliphatic rings. The van der Waals surface area contributed by atoms with E-state index in [1.165, 1.54) is 0 Å². The zero-order valence-electron chi connectivity index (χ0n) is 10.3. The molecule has 0 aromatic heterocycles. The lowest BCUT2D eigenvalue weighted by molar-refractivity contribution is -0.143. The van der Waals surface area contributed by atoms with Crippen molar-refractivity contribution in [1.29, 1.82) is 0 Å². The van der Waals surface area contributed by atoms with Crippen LogP contribution in [0, 0.1) is 0 Å². The molecule has 0 aliphatic heterocycles. The summed E-state index contributed by atoms with van der Waals surface area (Å²) in [4.78, 5) is 41.2. The number of hydrogen-bond donors (Lipinski definition) is 6. The van der Waals surface area contributed by atoms with Gasteiger partial charge in [0.05, 0.1) is 6.61 Å². The van der Waals surface area contributed by atoms with E-state index in [-0.39, 0.29) is 12.8 Å². The van der Waals surface area contributed by atoms with Crippen molar-refractivity contribution in [2.24, 2.45) is 11.2 Å². The van der Waals surface area contributed by atoms with Gasteiger partial charge in [-0.25, -0.2) is 14.9 Å². The first-order valence-corrected chi connectivity index (χ1v) is 6.94. The molecule has 1 unspecified atom stereocenters. The quantitative estimate of drug-likeness (QED) is 0.254. The molecule has 0 saturated heterocycles. The maximum absolute atomic E-state index is 11.4. The van der Waals surface area contributed by atoms with Crippen LogP contribution in [-0.4, -0.2) is 51.6 Å². The van der Waals surface area contributed by atoms with Crippen molar-refractivity contribution in [3.63, 3.8) is 0 Å². The molecule has 0 aromatic rings. The maximum atomic E-state index is 11.4. The van der Waals surface area contributed by atoms with Crippen LogP contribution in [0.25, 0.3) is 0 Å².